The molecule has 0 aromatic heterocycles. The van der Waals surface area contributed by atoms with Crippen LogP contribution in [0.1, 0.15) is 55.4 Å². The Hall–Kier alpha value is -0.0231. The Kier molecular flexibility index (Phi) is 4.29. The van der Waals surface area contributed by atoms with E-state index in [2.05, 4.69) is 41.5 Å². The van der Waals surface area contributed by atoms with Crippen molar-refractivity contribution in [2.24, 2.45) is 0 Å². The van der Waals surface area contributed by atoms with Gasteiger partial charge in [-0.2, -0.15) is 0 Å². The van der Waals surface area contributed by atoms with Crippen LogP contribution >= 0.6 is 0 Å². The first-order valence-electron chi connectivity index (χ1n) is 8.78. The van der Waals surface area contributed by atoms with Crippen molar-refractivity contribution < 1.29 is 28.2 Å². The predicted molar refractivity (Wildman–Crippen MR) is 90.7 cm³/mol. The van der Waals surface area contributed by atoms with E-state index in [0.717, 1.165) is 0 Å². The third kappa shape index (κ3) is 2.78. The normalized spacial score (nSPS) is 41.6. The van der Waals surface area contributed by atoms with Gasteiger partial charge >= 0.3 is 8.56 Å². The minimum absolute atomic E-state index is 0.140. The van der Waals surface area contributed by atoms with Gasteiger partial charge in [0, 0.05) is 10.1 Å². The lowest BCUT2D eigenvalue weighted by atomic mass is 9.99. The van der Waals surface area contributed by atoms with E-state index in [4.69, 9.17) is 23.1 Å². The summed E-state index contributed by atoms with van der Waals surface area (Å²) in [5.41, 5.74) is 0. The van der Waals surface area contributed by atoms with E-state index in [0.29, 0.717) is 6.61 Å². The second kappa shape index (κ2) is 5.49. The van der Waals surface area contributed by atoms with Crippen LogP contribution in [-0.4, -0.2) is 56.8 Å². The van der Waals surface area contributed by atoms with Crippen LogP contribution in [0.5, 0.6) is 0 Å². The lowest BCUT2D eigenvalue weighted by Crippen LogP contribution is -2.70. The van der Waals surface area contributed by atoms with E-state index in [-0.39, 0.29) is 16.2 Å². The van der Waals surface area contributed by atoms with Crippen molar-refractivity contribution in [3.63, 3.8) is 0 Å². The van der Waals surface area contributed by atoms with Crippen LogP contribution in [0.4, 0.5) is 0 Å². The molecule has 0 amide bonds. The zero-order chi connectivity index (χ0) is 18.1. The Morgan fingerprint density at radius 1 is 0.958 bits per heavy atom. The molecule has 0 aromatic rings. The Balaban J connectivity index is 1.90. The van der Waals surface area contributed by atoms with Gasteiger partial charge in [-0.3, -0.25) is 0 Å². The maximum Gasteiger partial charge on any atom is 0.349 e. The summed E-state index contributed by atoms with van der Waals surface area (Å²) in [4.78, 5) is 0. The van der Waals surface area contributed by atoms with Gasteiger partial charge < -0.3 is 28.2 Å². The smallest absolute Gasteiger partial charge is 0.349 e. The summed E-state index contributed by atoms with van der Waals surface area (Å²) in [5.74, 6) is -0.771. The SMILES string of the molecule is CC1(C)O[C@H]2O[C@@H]3CO[Si](C(C)(C)C)(C(C)(C)C)O[C@H]3[C@H](O)[C@H]2O1. The van der Waals surface area contributed by atoms with Crippen molar-refractivity contribution in [2.45, 2.75) is 102 Å². The maximum absolute atomic E-state index is 10.9. The number of rotatable bonds is 0. The molecule has 140 valence electrons. The Morgan fingerprint density at radius 3 is 2.08 bits per heavy atom. The summed E-state index contributed by atoms with van der Waals surface area (Å²) in [7, 11) is -2.65. The van der Waals surface area contributed by atoms with Crippen LogP contribution in [0.3, 0.4) is 0 Å². The highest BCUT2D eigenvalue weighted by Gasteiger charge is 2.65. The summed E-state index contributed by atoms with van der Waals surface area (Å²) in [6.45, 7) is 17.0. The molecule has 3 rings (SSSR count). The average Bonchev–Trinajstić information content (AvgIpc) is 2.71. The first kappa shape index (κ1) is 18.8. The average molecular weight is 361 g/mol. The molecule has 0 radical (unpaired) electrons. The van der Waals surface area contributed by atoms with Gasteiger partial charge in [-0.15, -0.1) is 0 Å². The second-order valence-corrected chi connectivity index (χ2v) is 14.4. The molecule has 0 saturated carbocycles. The van der Waals surface area contributed by atoms with E-state index in [1.54, 1.807) is 0 Å². The van der Waals surface area contributed by atoms with Gasteiger partial charge in [0.05, 0.1) is 6.61 Å². The van der Waals surface area contributed by atoms with Crippen LogP contribution in [0.15, 0.2) is 0 Å². The van der Waals surface area contributed by atoms with Crippen molar-refractivity contribution in [1.82, 2.24) is 0 Å². The molecule has 1 N–H and O–H groups in total. The van der Waals surface area contributed by atoms with Crippen LogP contribution in [0.2, 0.25) is 10.1 Å². The molecule has 0 spiro atoms. The molecule has 6 nitrogen and oxygen atoms in total. The fourth-order valence-corrected chi connectivity index (χ4v) is 9.33. The second-order valence-electron chi connectivity index (χ2n) is 9.64. The Labute approximate surface area is 146 Å². The number of aliphatic hydroxyl groups is 1. The molecule has 3 fully saturated rings. The van der Waals surface area contributed by atoms with Gasteiger partial charge in [0.15, 0.2) is 12.1 Å². The number of hydrogen-bond donors (Lipinski definition) is 1. The van der Waals surface area contributed by atoms with Gasteiger partial charge in [0.2, 0.25) is 0 Å². The molecule has 3 aliphatic rings. The van der Waals surface area contributed by atoms with Gasteiger partial charge in [-0.1, -0.05) is 41.5 Å². The van der Waals surface area contributed by atoms with Crippen LogP contribution < -0.4 is 0 Å². The van der Waals surface area contributed by atoms with Crippen molar-refractivity contribution in [1.29, 1.82) is 0 Å². The standard InChI is InChI=1S/C17H32O6Si/c1-15(2,3)24(16(4,5)6)19-9-10-12(23-24)11(18)13-14(20-10)22-17(7,8)21-13/h10-14,18H,9H2,1-8H3/t10-,11+,12-,13-,14-/m1/s1. The number of aliphatic hydroxyl groups excluding tert-OH is 1. The van der Waals surface area contributed by atoms with Crippen molar-refractivity contribution in [2.75, 3.05) is 6.61 Å². The summed E-state index contributed by atoms with van der Waals surface area (Å²) in [6.07, 6.45) is -2.71. The quantitative estimate of drug-likeness (QED) is 0.670. The van der Waals surface area contributed by atoms with Gasteiger partial charge in [-0.05, 0) is 13.8 Å². The molecule has 3 aliphatic heterocycles. The minimum Gasteiger partial charge on any atom is -0.391 e. The lowest BCUT2D eigenvalue weighted by Gasteiger charge is -2.56. The zero-order valence-electron chi connectivity index (χ0n) is 16.1. The Bertz CT molecular complexity index is 480. The molecule has 0 aromatic carbocycles. The lowest BCUT2D eigenvalue weighted by molar-refractivity contribution is -0.268. The van der Waals surface area contributed by atoms with E-state index in [1.165, 1.54) is 0 Å². The van der Waals surface area contributed by atoms with Crippen LogP contribution in [-0.2, 0) is 23.1 Å². The van der Waals surface area contributed by atoms with E-state index >= 15 is 0 Å². The fourth-order valence-electron chi connectivity index (χ4n) is 4.37. The summed E-state index contributed by atoms with van der Waals surface area (Å²) in [6, 6.07) is 0. The van der Waals surface area contributed by atoms with Gasteiger partial charge in [-0.25, -0.2) is 0 Å². The molecular formula is C17H32O6Si. The molecule has 24 heavy (non-hydrogen) atoms. The zero-order valence-corrected chi connectivity index (χ0v) is 17.1. The summed E-state index contributed by atoms with van der Waals surface area (Å²) in [5, 5.41) is 10.6. The number of fused-ring (bicyclic) bond motifs is 2. The third-order valence-corrected chi connectivity index (χ3v) is 10.3. The third-order valence-electron chi connectivity index (χ3n) is 5.16. The van der Waals surface area contributed by atoms with E-state index < -0.39 is 38.9 Å². The van der Waals surface area contributed by atoms with Gasteiger partial charge in [0.1, 0.15) is 24.4 Å². The highest BCUT2D eigenvalue weighted by Crippen LogP contribution is 2.55. The monoisotopic (exact) mass is 360 g/mol. The number of hydrogen-bond acceptors (Lipinski definition) is 6. The Morgan fingerprint density at radius 2 is 1.54 bits per heavy atom. The molecule has 0 bridgehead atoms. The molecule has 3 heterocycles. The minimum atomic E-state index is -2.65. The van der Waals surface area contributed by atoms with E-state index in [1.807, 2.05) is 13.8 Å². The first-order valence-corrected chi connectivity index (χ1v) is 10.6. The van der Waals surface area contributed by atoms with Crippen molar-refractivity contribution >= 4 is 8.56 Å². The molecule has 0 unspecified atom stereocenters. The first-order chi connectivity index (χ1) is 10.8. The largest absolute Gasteiger partial charge is 0.391 e. The summed E-state index contributed by atoms with van der Waals surface area (Å²) >= 11 is 0. The van der Waals surface area contributed by atoms with Crippen LogP contribution in [0, 0.1) is 0 Å². The highest BCUT2D eigenvalue weighted by atomic mass is 28.4. The van der Waals surface area contributed by atoms with E-state index in [9.17, 15) is 5.11 Å². The predicted octanol–water partition coefficient (Wildman–Crippen LogP) is 2.68. The molecule has 7 heteroatoms. The topological polar surface area (TPSA) is 66.4 Å². The highest BCUT2D eigenvalue weighted by molar-refractivity contribution is 6.73. The van der Waals surface area contributed by atoms with Gasteiger partial charge in [0.25, 0.3) is 0 Å². The van der Waals surface area contributed by atoms with Crippen molar-refractivity contribution in [3.8, 4) is 0 Å². The molecular weight excluding hydrogens is 328 g/mol. The molecule has 3 saturated heterocycles. The molecule has 0 aliphatic carbocycles. The molecule has 5 atom stereocenters. The fraction of sp³-hybridized carbons (Fsp3) is 1.00. The van der Waals surface area contributed by atoms with Crippen LogP contribution in [0.25, 0.3) is 0 Å². The summed E-state index contributed by atoms with van der Waals surface area (Å²) < 4.78 is 30.6. The van der Waals surface area contributed by atoms with Crippen molar-refractivity contribution in [3.05, 3.63) is 0 Å². The maximum atomic E-state index is 10.9. The number of ether oxygens (including phenoxy) is 3.